The van der Waals surface area contributed by atoms with Crippen molar-refractivity contribution in [1.82, 2.24) is 9.55 Å². The summed E-state index contributed by atoms with van der Waals surface area (Å²) in [5.41, 5.74) is 9.89. The highest BCUT2D eigenvalue weighted by atomic mass is 16.7. The molecule has 2 aromatic heterocycles. The number of cyclic esters (lactones) is 1. The summed E-state index contributed by atoms with van der Waals surface area (Å²) in [6, 6.07) is 5.31. The van der Waals surface area contributed by atoms with Crippen molar-refractivity contribution in [3.63, 3.8) is 0 Å². The van der Waals surface area contributed by atoms with E-state index in [1.807, 2.05) is 6.07 Å². The third-order valence-electron chi connectivity index (χ3n) is 5.77. The number of nitrogens with two attached hydrogens (primary N) is 1. The normalized spacial score (nSPS) is 18.4. The van der Waals surface area contributed by atoms with Crippen LogP contribution in [-0.2, 0) is 29.2 Å². The third-order valence-corrected chi connectivity index (χ3v) is 5.77. The van der Waals surface area contributed by atoms with Gasteiger partial charge in [0.25, 0.3) is 5.56 Å². The molecule has 0 spiro atoms. The second-order valence-corrected chi connectivity index (χ2v) is 7.21. The Hall–Kier alpha value is -3.43. The van der Waals surface area contributed by atoms with Crippen LogP contribution in [0.15, 0.2) is 23.0 Å². The molecule has 3 aromatic rings. The number of esters is 1. The summed E-state index contributed by atoms with van der Waals surface area (Å²) in [7, 11) is 0. The average Bonchev–Trinajstić information content (AvgIpc) is 3.32. The molecule has 9 nitrogen and oxygen atoms in total. The molecule has 5 heterocycles. The van der Waals surface area contributed by atoms with Crippen molar-refractivity contribution < 1.29 is 24.1 Å². The lowest BCUT2D eigenvalue weighted by Crippen LogP contribution is -2.32. The molecule has 3 aliphatic heterocycles. The number of aliphatic hydroxyl groups excluding tert-OH is 1. The number of ether oxygens (including phenoxy) is 3. The molecule has 1 aromatic carbocycles. The molecule has 0 radical (unpaired) electrons. The fourth-order valence-electron chi connectivity index (χ4n) is 4.33. The molecular weight excluding hydrogens is 378 g/mol. The third kappa shape index (κ3) is 2.08. The topological polar surface area (TPSA) is 126 Å². The molecule has 146 valence electrons. The largest absolute Gasteiger partial charge is 0.458 e. The molecule has 6 rings (SSSR count). The summed E-state index contributed by atoms with van der Waals surface area (Å²) in [4.78, 5) is 29.6. The number of hydrogen-bond acceptors (Lipinski definition) is 8. The number of aliphatic hydroxyl groups is 1. The smallest absolute Gasteiger partial charge is 0.340 e. The van der Waals surface area contributed by atoms with Gasteiger partial charge in [0.2, 0.25) is 6.79 Å². The van der Waals surface area contributed by atoms with Crippen molar-refractivity contribution in [1.29, 1.82) is 0 Å². The Labute approximate surface area is 163 Å². The molecule has 0 saturated carbocycles. The SMILES string of the molecule is NCc1c2c(nc3cc4c(cc13)OCO4)-c1cc3c(c(=O)n1C2)COC(=O)C3O. The van der Waals surface area contributed by atoms with Crippen molar-refractivity contribution in [2.24, 2.45) is 5.73 Å². The van der Waals surface area contributed by atoms with E-state index in [1.165, 1.54) is 0 Å². The van der Waals surface area contributed by atoms with Crippen molar-refractivity contribution in [2.75, 3.05) is 6.79 Å². The van der Waals surface area contributed by atoms with E-state index in [0.717, 1.165) is 16.5 Å². The van der Waals surface area contributed by atoms with Crippen molar-refractivity contribution >= 4 is 16.9 Å². The van der Waals surface area contributed by atoms with E-state index in [4.69, 9.17) is 24.9 Å². The zero-order valence-corrected chi connectivity index (χ0v) is 15.1. The van der Waals surface area contributed by atoms with E-state index < -0.39 is 12.1 Å². The predicted molar refractivity (Wildman–Crippen MR) is 99.3 cm³/mol. The van der Waals surface area contributed by atoms with E-state index in [0.29, 0.717) is 34.9 Å². The standard InChI is InChI=1S/C20H15N3O6/c21-4-10-8-2-15-16(29-7-28-15)3-13(8)22-17-11(10)5-23-14(17)1-9-12(19(23)25)6-27-20(26)18(9)24/h1-3,18,24H,4-7,21H2. The highest BCUT2D eigenvalue weighted by Gasteiger charge is 2.34. The van der Waals surface area contributed by atoms with Crippen LogP contribution < -0.4 is 20.8 Å². The molecule has 9 heteroatoms. The van der Waals surface area contributed by atoms with E-state index in [1.54, 1.807) is 16.7 Å². The number of hydrogen-bond donors (Lipinski definition) is 2. The quantitative estimate of drug-likeness (QED) is 0.453. The monoisotopic (exact) mass is 393 g/mol. The number of fused-ring (bicyclic) bond motifs is 6. The van der Waals surface area contributed by atoms with Crippen LogP contribution in [0.5, 0.6) is 11.5 Å². The molecule has 1 unspecified atom stereocenters. The zero-order chi connectivity index (χ0) is 19.9. The molecule has 1 atom stereocenters. The number of pyridine rings is 2. The fourth-order valence-corrected chi connectivity index (χ4v) is 4.33. The van der Waals surface area contributed by atoms with Crippen molar-refractivity contribution in [2.45, 2.75) is 25.8 Å². The Morgan fingerprint density at radius 1 is 1.14 bits per heavy atom. The Kier molecular flexibility index (Phi) is 3.16. The first-order valence-corrected chi connectivity index (χ1v) is 9.13. The van der Waals surface area contributed by atoms with Gasteiger partial charge in [0.1, 0.15) is 6.61 Å². The summed E-state index contributed by atoms with van der Waals surface area (Å²) in [6.45, 7) is 0.571. The predicted octanol–water partition coefficient (Wildman–Crippen LogP) is 0.703. The van der Waals surface area contributed by atoms with Gasteiger partial charge in [-0.1, -0.05) is 0 Å². The lowest BCUT2D eigenvalue weighted by Gasteiger charge is -2.21. The van der Waals surface area contributed by atoms with E-state index in [2.05, 4.69) is 0 Å². The number of benzene rings is 1. The van der Waals surface area contributed by atoms with Crippen LogP contribution in [-0.4, -0.2) is 27.4 Å². The van der Waals surface area contributed by atoms with Gasteiger partial charge in [-0.2, -0.15) is 0 Å². The van der Waals surface area contributed by atoms with Crippen LogP contribution in [0, 0.1) is 0 Å². The minimum Gasteiger partial charge on any atom is -0.458 e. The number of carbonyl (C=O) groups is 1. The van der Waals surface area contributed by atoms with Gasteiger partial charge in [-0.05, 0) is 17.7 Å². The molecule has 29 heavy (non-hydrogen) atoms. The second kappa shape index (κ2) is 5.56. The average molecular weight is 393 g/mol. The van der Waals surface area contributed by atoms with E-state index in [-0.39, 0.29) is 36.6 Å². The van der Waals surface area contributed by atoms with Crippen molar-refractivity contribution in [3.05, 3.63) is 50.8 Å². The van der Waals surface area contributed by atoms with Crippen LogP contribution in [0.1, 0.15) is 28.4 Å². The summed E-state index contributed by atoms with van der Waals surface area (Å²) >= 11 is 0. The maximum atomic E-state index is 13.0. The van der Waals surface area contributed by atoms with Crippen LogP contribution in [0.3, 0.4) is 0 Å². The van der Waals surface area contributed by atoms with Crippen LogP contribution in [0.25, 0.3) is 22.3 Å². The molecule has 3 N–H and O–H groups in total. The minimum absolute atomic E-state index is 0.152. The van der Waals surface area contributed by atoms with Gasteiger partial charge in [-0.15, -0.1) is 0 Å². The lowest BCUT2D eigenvalue weighted by molar-refractivity contribution is -0.157. The van der Waals surface area contributed by atoms with Gasteiger partial charge in [0, 0.05) is 29.1 Å². The first-order chi connectivity index (χ1) is 14.1. The fraction of sp³-hybridized carbons (Fsp3) is 0.250. The van der Waals surface area contributed by atoms with Crippen LogP contribution in [0.2, 0.25) is 0 Å². The van der Waals surface area contributed by atoms with Crippen LogP contribution >= 0.6 is 0 Å². The molecular formula is C20H15N3O6. The van der Waals surface area contributed by atoms with E-state index >= 15 is 0 Å². The van der Waals surface area contributed by atoms with E-state index in [9.17, 15) is 14.7 Å². The van der Waals surface area contributed by atoms with Gasteiger partial charge >= 0.3 is 5.97 Å². The first kappa shape index (κ1) is 16.5. The Bertz CT molecular complexity index is 1310. The van der Waals surface area contributed by atoms with Gasteiger partial charge in [-0.25, -0.2) is 9.78 Å². The van der Waals surface area contributed by atoms with Gasteiger partial charge in [-0.3, -0.25) is 4.79 Å². The Balaban J connectivity index is 1.65. The van der Waals surface area contributed by atoms with Crippen LogP contribution in [0.4, 0.5) is 0 Å². The molecule has 0 amide bonds. The Morgan fingerprint density at radius 2 is 1.93 bits per heavy atom. The highest BCUT2D eigenvalue weighted by Crippen LogP contribution is 2.41. The van der Waals surface area contributed by atoms with Gasteiger partial charge in [0.05, 0.1) is 29.0 Å². The highest BCUT2D eigenvalue weighted by molar-refractivity contribution is 5.91. The number of aromatic nitrogens is 2. The first-order valence-electron chi connectivity index (χ1n) is 9.13. The molecule has 0 bridgehead atoms. The molecule has 0 fully saturated rings. The summed E-state index contributed by atoms with van der Waals surface area (Å²) in [5, 5.41) is 11.1. The maximum Gasteiger partial charge on any atom is 0.340 e. The number of rotatable bonds is 1. The molecule has 0 saturated heterocycles. The Morgan fingerprint density at radius 3 is 2.72 bits per heavy atom. The summed E-state index contributed by atoms with van der Waals surface area (Å²) in [5.74, 6) is 0.477. The summed E-state index contributed by atoms with van der Waals surface area (Å²) in [6.07, 6.45) is -1.48. The lowest BCUT2D eigenvalue weighted by atomic mass is 9.98. The molecule has 3 aliphatic rings. The second-order valence-electron chi connectivity index (χ2n) is 7.21. The maximum absolute atomic E-state index is 13.0. The number of carbonyl (C=O) groups excluding carboxylic acids is 1. The number of nitrogens with zero attached hydrogens (tertiary/aromatic N) is 2. The molecule has 0 aliphatic carbocycles. The van der Waals surface area contributed by atoms with Gasteiger partial charge < -0.3 is 29.6 Å². The minimum atomic E-state index is -1.48. The van der Waals surface area contributed by atoms with Crippen molar-refractivity contribution in [3.8, 4) is 22.9 Å². The summed E-state index contributed by atoms with van der Waals surface area (Å²) < 4.78 is 17.4. The van der Waals surface area contributed by atoms with Gasteiger partial charge in [0.15, 0.2) is 17.6 Å². The zero-order valence-electron chi connectivity index (χ0n) is 15.1.